The van der Waals surface area contributed by atoms with Crippen molar-refractivity contribution in [1.82, 2.24) is 4.98 Å². The lowest BCUT2D eigenvalue weighted by Gasteiger charge is -2.42. The molecule has 0 radical (unpaired) electrons. The van der Waals surface area contributed by atoms with Gasteiger partial charge >= 0.3 is 7.12 Å². The summed E-state index contributed by atoms with van der Waals surface area (Å²) in [6.45, 7) is 8.73. The summed E-state index contributed by atoms with van der Waals surface area (Å²) in [7, 11) is 1.27. The van der Waals surface area contributed by atoms with Gasteiger partial charge in [-0.3, -0.25) is 0 Å². The fraction of sp³-hybridized carbons (Fsp3) is 0.688. The Hall–Kier alpha value is -1.07. The molecule has 1 aliphatic heterocycles. The van der Waals surface area contributed by atoms with Crippen LogP contribution in [0.4, 0.5) is 0 Å². The molecule has 1 fully saturated rings. The molecule has 0 aliphatic carbocycles. The van der Waals surface area contributed by atoms with Crippen LogP contribution in [0.5, 0.6) is 5.88 Å². The lowest BCUT2D eigenvalue weighted by Crippen LogP contribution is -2.50. The Morgan fingerprint density at radius 1 is 1.00 bits per heavy atom. The number of pyridine rings is 1. The van der Waals surface area contributed by atoms with Crippen LogP contribution in [-0.2, 0) is 9.31 Å². The van der Waals surface area contributed by atoms with Crippen LogP contribution in [0, 0.1) is 0 Å². The quantitative estimate of drug-likeness (QED) is 0.756. The summed E-state index contributed by atoms with van der Waals surface area (Å²) in [4.78, 5) is 4.26. The number of nitrogens with zero attached hydrogens (tertiary/aromatic N) is 1. The molecule has 0 saturated carbocycles. The Balaban J connectivity index is 2.32. The van der Waals surface area contributed by atoms with E-state index < -0.39 is 0 Å². The third-order valence-corrected chi connectivity index (χ3v) is 5.02. The summed E-state index contributed by atoms with van der Waals surface area (Å²) in [5.74, 6) is 0.603. The second-order valence-corrected chi connectivity index (χ2v) is 5.60. The van der Waals surface area contributed by atoms with Crippen LogP contribution >= 0.6 is 0 Å². The van der Waals surface area contributed by atoms with Crippen LogP contribution < -0.4 is 10.2 Å². The van der Waals surface area contributed by atoms with Gasteiger partial charge in [-0.15, -0.1) is 0 Å². The van der Waals surface area contributed by atoms with Gasteiger partial charge in [0, 0.05) is 11.7 Å². The fourth-order valence-corrected chi connectivity index (χ4v) is 3.56. The molecule has 2 rings (SSSR count). The fourth-order valence-electron chi connectivity index (χ4n) is 3.56. The zero-order valence-corrected chi connectivity index (χ0v) is 13.8. The second-order valence-electron chi connectivity index (χ2n) is 5.60. The maximum absolute atomic E-state index is 6.40. The number of methoxy groups -OCH3 is 1. The highest BCUT2D eigenvalue weighted by Gasteiger charge is 2.58. The van der Waals surface area contributed by atoms with E-state index in [4.69, 9.17) is 14.0 Å². The standard InChI is InChI=1S/C16H26BNO3/c1-6-15(7-2)16(8-3,9-4)21-17(20-15)13-10-11-14(19-5)18-12-13/h10-12H,6-9H2,1-5H3. The van der Waals surface area contributed by atoms with E-state index >= 15 is 0 Å². The molecule has 1 aliphatic rings. The normalized spacial score (nSPS) is 19.8. The predicted molar refractivity (Wildman–Crippen MR) is 85.0 cm³/mol. The minimum absolute atomic E-state index is 0.221. The van der Waals surface area contributed by atoms with Crippen LogP contribution in [-0.4, -0.2) is 30.4 Å². The number of rotatable bonds is 6. The average Bonchev–Trinajstić information content (AvgIpc) is 2.90. The molecular formula is C16H26BNO3. The molecule has 0 spiro atoms. The maximum atomic E-state index is 6.40. The number of ether oxygens (including phenoxy) is 1. The Morgan fingerprint density at radius 3 is 1.86 bits per heavy atom. The summed E-state index contributed by atoms with van der Waals surface area (Å²) >= 11 is 0. The van der Waals surface area contributed by atoms with Gasteiger partial charge in [-0.1, -0.05) is 33.8 Å². The first-order valence-electron chi connectivity index (χ1n) is 7.95. The zero-order chi connectivity index (χ0) is 15.5. The molecular weight excluding hydrogens is 265 g/mol. The van der Waals surface area contributed by atoms with Gasteiger partial charge in [0.15, 0.2) is 0 Å². The summed E-state index contributed by atoms with van der Waals surface area (Å²) in [6, 6.07) is 3.81. The molecule has 4 nitrogen and oxygen atoms in total. The van der Waals surface area contributed by atoms with Crippen molar-refractivity contribution >= 4 is 12.6 Å². The van der Waals surface area contributed by atoms with Crippen LogP contribution in [0.3, 0.4) is 0 Å². The van der Waals surface area contributed by atoms with E-state index in [0.717, 1.165) is 31.1 Å². The molecule has 0 unspecified atom stereocenters. The van der Waals surface area contributed by atoms with Gasteiger partial charge in [-0.2, -0.15) is 0 Å². The lowest BCUT2D eigenvalue weighted by molar-refractivity contribution is -0.0601. The van der Waals surface area contributed by atoms with Crippen molar-refractivity contribution in [3.05, 3.63) is 18.3 Å². The Bertz CT molecular complexity index is 435. The zero-order valence-electron chi connectivity index (χ0n) is 13.8. The molecule has 1 saturated heterocycles. The molecule has 0 aromatic carbocycles. The van der Waals surface area contributed by atoms with E-state index in [1.807, 2.05) is 12.1 Å². The van der Waals surface area contributed by atoms with Crippen molar-refractivity contribution in [3.63, 3.8) is 0 Å². The van der Waals surface area contributed by atoms with Gasteiger partial charge in [0.05, 0.1) is 18.3 Å². The number of aromatic nitrogens is 1. The molecule has 1 aromatic heterocycles. The number of hydrogen-bond donors (Lipinski definition) is 0. The van der Waals surface area contributed by atoms with Crippen LogP contribution in [0.2, 0.25) is 0 Å². The van der Waals surface area contributed by atoms with Gasteiger partial charge in [-0.05, 0) is 31.7 Å². The first-order valence-corrected chi connectivity index (χ1v) is 7.95. The van der Waals surface area contributed by atoms with Crippen molar-refractivity contribution in [2.75, 3.05) is 7.11 Å². The molecule has 5 heteroatoms. The first-order chi connectivity index (χ1) is 10.1. The largest absolute Gasteiger partial charge is 0.496 e. The van der Waals surface area contributed by atoms with Crippen molar-refractivity contribution < 1.29 is 14.0 Å². The highest BCUT2D eigenvalue weighted by atomic mass is 16.7. The minimum Gasteiger partial charge on any atom is -0.481 e. The van der Waals surface area contributed by atoms with Crippen molar-refractivity contribution in [1.29, 1.82) is 0 Å². The molecule has 1 aromatic rings. The molecule has 2 heterocycles. The lowest BCUT2D eigenvalue weighted by atomic mass is 9.75. The average molecular weight is 291 g/mol. The van der Waals surface area contributed by atoms with Gasteiger partial charge < -0.3 is 14.0 Å². The van der Waals surface area contributed by atoms with E-state index in [-0.39, 0.29) is 18.3 Å². The van der Waals surface area contributed by atoms with E-state index in [1.54, 1.807) is 13.3 Å². The smallest absolute Gasteiger partial charge is 0.481 e. The van der Waals surface area contributed by atoms with Gasteiger partial charge in [-0.25, -0.2) is 4.98 Å². The number of hydrogen-bond acceptors (Lipinski definition) is 4. The minimum atomic E-state index is -0.344. The highest BCUT2D eigenvalue weighted by molar-refractivity contribution is 6.62. The second kappa shape index (κ2) is 6.36. The molecule has 0 N–H and O–H groups in total. The van der Waals surface area contributed by atoms with Crippen molar-refractivity contribution in [2.45, 2.75) is 64.6 Å². The SMILES string of the molecule is CCC1(CC)OB(c2ccc(OC)nc2)OC1(CC)CC. The van der Waals surface area contributed by atoms with Crippen LogP contribution in [0.25, 0.3) is 0 Å². The van der Waals surface area contributed by atoms with E-state index in [1.165, 1.54) is 0 Å². The molecule has 0 amide bonds. The highest BCUT2D eigenvalue weighted by Crippen LogP contribution is 2.46. The Labute approximate surface area is 128 Å². The summed E-state index contributed by atoms with van der Waals surface area (Å²) in [5, 5.41) is 0. The van der Waals surface area contributed by atoms with Crippen LogP contribution in [0.1, 0.15) is 53.4 Å². The predicted octanol–water partition coefficient (Wildman–Crippen LogP) is 2.95. The summed E-state index contributed by atoms with van der Waals surface area (Å²) < 4.78 is 17.9. The van der Waals surface area contributed by atoms with Gasteiger partial charge in [0.1, 0.15) is 0 Å². The summed E-state index contributed by atoms with van der Waals surface area (Å²) in [6.07, 6.45) is 5.58. The topological polar surface area (TPSA) is 40.6 Å². The van der Waals surface area contributed by atoms with Crippen LogP contribution in [0.15, 0.2) is 18.3 Å². The molecule has 0 atom stereocenters. The monoisotopic (exact) mass is 291 g/mol. The van der Waals surface area contributed by atoms with E-state index in [0.29, 0.717) is 5.88 Å². The Kier molecular flexibility index (Phi) is 4.94. The molecule has 116 valence electrons. The summed E-state index contributed by atoms with van der Waals surface area (Å²) in [5.41, 5.74) is 0.508. The molecule has 0 bridgehead atoms. The third kappa shape index (κ3) is 2.57. The van der Waals surface area contributed by atoms with Crippen molar-refractivity contribution in [2.24, 2.45) is 0 Å². The first kappa shape index (κ1) is 16.3. The van der Waals surface area contributed by atoms with E-state index in [2.05, 4.69) is 32.7 Å². The third-order valence-electron chi connectivity index (χ3n) is 5.02. The van der Waals surface area contributed by atoms with Crippen molar-refractivity contribution in [3.8, 4) is 5.88 Å². The van der Waals surface area contributed by atoms with E-state index in [9.17, 15) is 0 Å². The maximum Gasteiger partial charge on any atom is 0.496 e. The Morgan fingerprint density at radius 2 is 1.52 bits per heavy atom. The molecule has 21 heavy (non-hydrogen) atoms. The van der Waals surface area contributed by atoms with Gasteiger partial charge in [0.2, 0.25) is 5.88 Å². The van der Waals surface area contributed by atoms with Gasteiger partial charge in [0.25, 0.3) is 0 Å².